The zero-order valence-corrected chi connectivity index (χ0v) is 25.2. The number of alkyl halides is 1. The van der Waals surface area contributed by atoms with Gasteiger partial charge in [0.05, 0.1) is 6.04 Å². The van der Waals surface area contributed by atoms with E-state index in [1.165, 1.54) is 0 Å². The highest BCUT2D eigenvalue weighted by atomic mass is 127. The highest BCUT2D eigenvalue weighted by Crippen LogP contribution is 2.19. The predicted molar refractivity (Wildman–Crippen MR) is 151 cm³/mol. The minimum absolute atomic E-state index is 0.0758. The summed E-state index contributed by atoms with van der Waals surface area (Å²) in [5, 5.41) is 8.20. The number of hydrogen-bond donors (Lipinski definition) is 4. The fourth-order valence-electron chi connectivity index (χ4n) is 3.46. The number of Topliss-reactive ketones (excluding diaryl/α,β-unsaturated/α-hetero) is 2. The van der Waals surface area contributed by atoms with Crippen molar-refractivity contribution in [3.63, 3.8) is 0 Å². The van der Waals surface area contributed by atoms with Gasteiger partial charge in [-0.15, -0.1) is 0 Å². The van der Waals surface area contributed by atoms with Crippen molar-refractivity contribution < 1.29 is 24.0 Å². The van der Waals surface area contributed by atoms with Gasteiger partial charge in [0.2, 0.25) is 11.8 Å². The number of nitrogens with one attached hydrogen (secondary N) is 3. The van der Waals surface area contributed by atoms with E-state index < -0.39 is 29.4 Å². The van der Waals surface area contributed by atoms with Crippen LogP contribution in [0.2, 0.25) is 0 Å². The summed E-state index contributed by atoms with van der Waals surface area (Å²) in [6.07, 6.45) is 2.64. The molecule has 208 valence electrons. The third-order valence-electron chi connectivity index (χ3n) is 6.38. The van der Waals surface area contributed by atoms with Crippen LogP contribution in [-0.4, -0.2) is 52.5 Å². The second kappa shape index (κ2) is 16.9. The zero-order chi connectivity index (χ0) is 28.1. The van der Waals surface area contributed by atoms with Crippen LogP contribution in [0.1, 0.15) is 87.0 Å². The third kappa shape index (κ3) is 13.5. The molecule has 10 heteroatoms. The van der Waals surface area contributed by atoms with Gasteiger partial charge in [-0.2, -0.15) is 0 Å². The molecule has 36 heavy (non-hydrogen) atoms. The number of unbranched alkanes of at least 4 members (excludes halogenated alkanes) is 1. The topological polar surface area (TPSA) is 147 Å². The van der Waals surface area contributed by atoms with Gasteiger partial charge in [-0.05, 0) is 37.5 Å². The number of carbonyl (C=O) groups excluding carboxylic acids is 5. The molecule has 9 nitrogen and oxygen atoms in total. The van der Waals surface area contributed by atoms with E-state index in [4.69, 9.17) is 5.73 Å². The lowest BCUT2D eigenvalue weighted by atomic mass is 9.87. The lowest BCUT2D eigenvalue weighted by Crippen LogP contribution is -2.55. The van der Waals surface area contributed by atoms with Gasteiger partial charge in [-0.3, -0.25) is 19.2 Å². The van der Waals surface area contributed by atoms with Gasteiger partial charge < -0.3 is 21.7 Å². The molecule has 0 saturated heterocycles. The fourth-order valence-corrected chi connectivity index (χ4v) is 3.97. The molecule has 0 aliphatic carbocycles. The van der Waals surface area contributed by atoms with Crippen molar-refractivity contribution >= 4 is 52.0 Å². The molecule has 0 aromatic rings. The Morgan fingerprint density at radius 1 is 0.889 bits per heavy atom. The summed E-state index contributed by atoms with van der Waals surface area (Å²) >= 11 is 2.17. The Balaban J connectivity index is 5.20. The molecular formula is C26H47IN4O5. The van der Waals surface area contributed by atoms with E-state index in [1.807, 2.05) is 48.5 Å². The number of rotatable bonds is 17. The summed E-state index contributed by atoms with van der Waals surface area (Å²) < 4.78 is 0.639. The Kier molecular flexibility index (Phi) is 16.1. The number of nitrogens with two attached hydrogens (primary N) is 1. The van der Waals surface area contributed by atoms with E-state index in [1.54, 1.807) is 0 Å². The summed E-state index contributed by atoms with van der Waals surface area (Å²) in [4.78, 5) is 62.0. The van der Waals surface area contributed by atoms with Gasteiger partial charge >= 0.3 is 6.03 Å². The molecule has 4 amide bonds. The second-order valence-electron chi connectivity index (χ2n) is 11.0. The average Bonchev–Trinajstić information content (AvgIpc) is 2.79. The van der Waals surface area contributed by atoms with Crippen LogP contribution < -0.4 is 21.7 Å². The average molecular weight is 623 g/mol. The van der Waals surface area contributed by atoms with E-state index in [9.17, 15) is 24.0 Å². The van der Waals surface area contributed by atoms with Crippen LogP contribution in [0, 0.1) is 23.2 Å². The van der Waals surface area contributed by atoms with Crippen molar-refractivity contribution in [1.29, 1.82) is 0 Å². The zero-order valence-electron chi connectivity index (χ0n) is 23.0. The number of halogens is 1. The maximum Gasteiger partial charge on any atom is 0.312 e. The molecule has 5 N–H and O–H groups in total. The van der Waals surface area contributed by atoms with Crippen molar-refractivity contribution in [3.05, 3.63) is 0 Å². The lowest BCUT2D eigenvalue weighted by molar-refractivity contribution is -0.134. The first-order chi connectivity index (χ1) is 16.6. The van der Waals surface area contributed by atoms with Crippen molar-refractivity contribution in [1.82, 2.24) is 16.0 Å². The van der Waals surface area contributed by atoms with Gasteiger partial charge in [0.15, 0.2) is 5.78 Å². The fraction of sp³-hybridized carbons (Fsp3) is 0.808. The second-order valence-corrected chi connectivity index (χ2v) is 11.9. The normalized spacial score (nSPS) is 14.9. The highest BCUT2D eigenvalue weighted by Gasteiger charge is 2.32. The van der Waals surface area contributed by atoms with Crippen molar-refractivity contribution in [2.45, 2.75) is 99.1 Å². The number of carbonyl (C=O) groups is 5. The molecule has 0 aliphatic heterocycles. The summed E-state index contributed by atoms with van der Waals surface area (Å²) in [6.45, 7) is 13.6. The molecule has 0 spiro atoms. The van der Waals surface area contributed by atoms with E-state index in [-0.39, 0.29) is 41.6 Å². The van der Waals surface area contributed by atoms with E-state index >= 15 is 0 Å². The van der Waals surface area contributed by atoms with Gasteiger partial charge in [-0.25, -0.2) is 4.79 Å². The minimum atomic E-state index is -0.779. The van der Waals surface area contributed by atoms with Crippen LogP contribution >= 0.6 is 22.6 Å². The molecular weight excluding hydrogens is 575 g/mol. The van der Waals surface area contributed by atoms with E-state index in [0.717, 1.165) is 0 Å². The molecule has 0 aliphatic rings. The van der Waals surface area contributed by atoms with Gasteiger partial charge in [0.1, 0.15) is 11.8 Å². The van der Waals surface area contributed by atoms with Crippen molar-refractivity contribution in [2.24, 2.45) is 28.9 Å². The maximum absolute atomic E-state index is 13.2. The summed E-state index contributed by atoms with van der Waals surface area (Å²) in [5.41, 5.74) is 4.71. The minimum Gasteiger partial charge on any atom is -0.352 e. The van der Waals surface area contributed by atoms with Crippen LogP contribution in [0.15, 0.2) is 0 Å². The molecule has 0 saturated carbocycles. The molecule has 0 bridgehead atoms. The van der Waals surface area contributed by atoms with Gasteiger partial charge in [0, 0.05) is 35.1 Å². The Hall–Kier alpha value is -1.72. The molecule has 0 radical (unpaired) electrons. The summed E-state index contributed by atoms with van der Waals surface area (Å²) in [5.74, 6) is -0.859. The Morgan fingerprint density at radius 3 is 1.97 bits per heavy atom. The molecule has 0 rings (SSSR count). The quantitative estimate of drug-likeness (QED) is 0.111. The maximum atomic E-state index is 13.2. The number of primary amides is 1. The highest BCUT2D eigenvalue weighted by molar-refractivity contribution is 14.1. The smallest absolute Gasteiger partial charge is 0.312 e. The number of ketones is 2. The third-order valence-corrected chi connectivity index (χ3v) is 7.77. The van der Waals surface area contributed by atoms with Gasteiger partial charge in [0.25, 0.3) is 0 Å². The molecule has 4 atom stereocenters. The SMILES string of the molecule is CC(C)C(C)C(=O)[C@H](CCCNC(N)=O)NC(=O)[C@@H](NC(=O)CCCCC(=O)C(C)(C)C)C(C)CI. The van der Waals surface area contributed by atoms with E-state index in [2.05, 4.69) is 38.5 Å². The largest absolute Gasteiger partial charge is 0.352 e. The Bertz CT molecular complexity index is 751. The van der Waals surface area contributed by atoms with Crippen LogP contribution in [0.25, 0.3) is 0 Å². The molecule has 0 aromatic heterocycles. The number of hydrogen-bond acceptors (Lipinski definition) is 5. The molecule has 0 aromatic carbocycles. The van der Waals surface area contributed by atoms with Crippen LogP contribution in [-0.2, 0) is 19.2 Å². The monoisotopic (exact) mass is 622 g/mol. The molecule has 0 fully saturated rings. The number of amides is 4. The Morgan fingerprint density at radius 2 is 1.47 bits per heavy atom. The summed E-state index contributed by atoms with van der Waals surface area (Å²) in [7, 11) is 0. The summed E-state index contributed by atoms with van der Waals surface area (Å²) in [6, 6.07) is -2.15. The lowest BCUT2D eigenvalue weighted by Gasteiger charge is -2.28. The standard InChI is InChI=1S/C26H47IN4O5/c1-16(2)18(4)23(34)19(11-10-14-29-25(28)36)30-24(35)22(17(3)15-27)31-21(33)13-9-8-12-20(32)26(5,6)7/h16-19,22H,8-15H2,1-7H3,(H,30,35)(H,31,33)(H3,28,29,36)/t17?,18?,19-,22-/m0/s1. The number of urea groups is 1. The first kappa shape index (κ1) is 34.3. The molecule has 2 unspecified atom stereocenters. The van der Waals surface area contributed by atoms with Crippen molar-refractivity contribution in [3.8, 4) is 0 Å². The Labute approximate surface area is 230 Å². The first-order valence-corrected chi connectivity index (χ1v) is 14.4. The molecule has 0 heterocycles. The van der Waals surface area contributed by atoms with Crippen molar-refractivity contribution in [2.75, 3.05) is 11.0 Å². The first-order valence-electron chi connectivity index (χ1n) is 12.9. The predicted octanol–water partition coefficient (Wildman–Crippen LogP) is 3.51. The van der Waals surface area contributed by atoms with Crippen LogP contribution in [0.4, 0.5) is 4.79 Å². The van der Waals surface area contributed by atoms with Gasteiger partial charge in [-0.1, -0.05) is 71.1 Å². The van der Waals surface area contributed by atoms with E-state index in [0.29, 0.717) is 43.1 Å². The van der Waals surface area contributed by atoms with Crippen LogP contribution in [0.5, 0.6) is 0 Å². The van der Waals surface area contributed by atoms with Crippen LogP contribution in [0.3, 0.4) is 0 Å².